The lowest BCUT2D eigenvalue weighted by molar-refractivity contribution is -0.362. The molecule has 4 nitrogen and oxygen atoms in total. The SMILES string of the molecule is CCOC(=O)/C=C/c1ccc([C@H]2C[C@@]3(C)[C@@H](CC[C@@]3(O)C(F)(F)C(F)(F)F)[C@@H]3CCC4=CC(=O)CCC4=C32)cc1. The summed E-state index contributed by atoms with van der Waals surface area (Å²) in [5, 5.41) is 11.3. The molecule has 0 bridgehead atoms. The molecule has 4 aliphatic rings. The molecule has 0 heterocycles. The highest BCUT2D eigenvalue weighted by atomic mass is 19.4. The Balaban J connectivity index is 1.60. The second kappa shape index (κ2) is 9.93. The minimum absolute atomic E-state index is 0.0350. The first-order chi connectivity index (χ1) is 18.7. The number of rotatable bonds is 5. The standard InChI is InChI=1S/C31H33F5O4/c1-3-40-26(38)13-6-18-4-7-19(8-5-18)24-17-28(2)25(14-15-29(28,39)30(32,33)31(34,35)36)23-11-9-20-16-21(37)10-12-22(20)27(23)24/h4-8,13,16,23-25,39H,3,9-12,14-15,17H2,1-2H3/b13-6+/t23-,24+,25-,28-,29-/m0/s1. The summed E-state index contributed by atoms with van der Waals surface area (Å²) in [4.78, 5) is 23.9. The Morgan fingerprint density at radius 3 is 2.45 bits per heavy atom. The molecule has 0 amide bonds. The van der Waals surface area contributed by atoms with Gasteiger partial charge < -0.3 is 9.84 Å². The van der Waals surface area contributed by atoms with Gasteiger partial charge in [-0.05, 0) is 91.7 Å². The Morgan fingerprint density at radius 1 is 1.10 bits per heavy atom. The van der Waals surface area contributed by atoms with Gasteiger partial charge in [0.15, 0.2) is 5.78 Å². The second-order valence-corrected chi connectivity index (χ2v) is 11.7. The van der Waals surface area contributed by atoms with E-state index in [2.05, 4.69) is 0 Å². The molecule has 0 aromatic heterocycles. The van der Waals surface area contributed by atoms with Crippen LogP contribution in [0.1, 0.15) is 75.8 Å². The molecule has 1 N–H and O–H groups in total. The first kappa shape index (κ1) is 28.7. The molecule has 0 spiro atoms. The molecule has 216 valence electrons. The van der Waals surface area contributed by atoms with Gasteiger partial charge in [-0.3, -0.25) is 4.79 Å². The van der Waals surface area contributed by atoms with Gasteiger partial charge in [0.05, 0.1) is 6.61 Å². The Labute approximate surface area is 230 Å². The zero-order valence-electron chi connectivity index (χ0n) is 22.5. The number of esters is 1. The first-order valence-electron chi connectivity index (χ1n) is 13.8. The van der Waals surface area contributed by atoms with Crippen molar-refractivity contribution < 1.29 is 41.4 Å². The quantitative estimate of drug-likeness (QED) is 0.236. The first-order valence-corrected chi connectivity index (χ1v) is 13.8. The number of hydrogen-bond donors (Lipinski definition) is 1. The number of aliphatic hydroxyl groups is 1. The summed E-state index contributed by atoms with van der Waals surface area (Å²) in [6, 6.07) is 7.11. The van der Waals surface area contributed by atoms with E-state index in [1.54, 1.807) is 43.3 Å². The summed E-state index contributed by atoms with van der Waals surface area (Å²) >= 11 is 0. The Hall–Kier alpha value is -2.81. The fourth-order valence-corrected chi connectivity index (χ4v) is 7.91. The maximum absolute atomic E-state index is 15.1. The summed E-state index contributed by atoms with van der Waals surface area (Å²) in [6.45, 7) is 3.34. The maximum atomic E-state index is 15.1. The van der Waals surface area contributed by atoms with Crippen molar-refractivity contribution >= 4 is 17.8 Å². The third-order valence-corrected chi connectivity index (χ3v) is 9.80. The predicted molar refractivity (Wildman–Crippen MR) is 138 cm³/mol. The number of benzene rings is 1. The number of hydrogen-bond acceptors (Lipinski definition) is 4. The summed E-state index contributed by atoms with van der Waals surface area (Å²) < 4.78 is 76.1. The van der Waals surface area contributed by atoms with E-state index < -0.39 is 47.3 Å². The predicted octanol–water partition coefficient (Wildman–Crippen LogP) is 7.09. The number of carbonyl (C=O) groups is 2. The van der Waals surface area contributed by atoms with Gasteiger partial charge in [0, 0.05) is 23.8 Å². The van der Waals surface area contributed by atoms with E-state index in [9.17, 15) is 27.9 Å². The average Bonchev–Trinajstić information content (AvgIpc) is 3.18. The van der Waals surface area contributed by atoms with Gasteiger partial charge >= 0.3 is 18.1 Å². The van der Waals surface area contributed by atoms with Crippen LogP contribution in [0.5, 0.6) is 0 Å². The van der Waals surface area contributed by atoms with E-state index in [0.717, 1.165) is 22.3 Å². The van der Waals surface area contributed by atoms with Crippen LogP contribution in [0.4, 0.5) is 22.0 Å². The molecule has 2 saturated carbocycles. The average molecular weight is 565 g/mol. The van der Waals surface area contributed by atoms with E-state index in [1.807, 2.05) is 0 Å². The zero-order chi connectivity index (χ0) is 29.1. The lowest BCUT2D eigenvalue weighted by Gasteiger charge is -2.56. The van der Waals surface area contributed by atoms with Crippen LogP contribution in [0.15, 0.2) is 53.1 Å². The van der Waals surface area contributed by atoms with Crippen molar-refractivity contribution in [3.8, 4) is 0 Å². The van der Waals surface area contributed by atoms with Crippen LogP contribution < -0.4 is 0 Å². The van der Waals surface area contributed by atoms with Crippen molar-refractivity contribution in [1.82, 2.24) is 0 Å². The number of ketones is 1. The van der Waals surface area contributed by atoms with Gasteiger partial charge in [-0.2, -0.15) is 22.0 Å². The smallest absolute Gasteiger partial charge is 0.456 e. The largest absolute Gasteiger partial charge is 0.463 e. The van der Waals surface area contributed by atoms with Crippen molar-refractivity contribution in [2.45, 2.75) is 82.4 Å². The Morgan fingerprint density at radius 2 is 1.80 bits per heavy atom. The van der Waals surface area contributed by atoms with Crippen LogP contribution >= 0.6 is 0 Å². The van der Waals surface area contributed by atoms with Gasteiger partial charge in [-0.1, -0.05) is 36.8 Å². The lowest BCUT2D eigenvalue weighted by atomic mass is 9.50. The van der Waals surface area contributed by atoms with Crippen LogP contribution in [-0.2, 0) is 14.3 Å². The molecule has 5 rings (SSSR count). The summed E-state index contributed by atoms with van der Waals surface area (Å²) in [7, 11) is 0. The van der Waals surface area contributed by atoms with Crippen LogP contribution in [-0.4, -0.2) is 41.2 Å². The highest BCUT2D eigenvalue weighted by Crippen LogP contribution is 2.70. The molecule has 5 atom stereocenters. The van der Waals surface area contributed by atoms with E-state index in [-0.39, 0.29) is 31.1 Å². The van der Waals surface area contributed by atoms with Gasteiger partial charge in [-0.15, -0.1) is 0 Å². The van der Waals surface area contributed by atoms with Crippen molar-refractivity contribution in [3.63, 3.8) is 0 Å². The summed E-state index contributed by atoms with van der Waals surface area (Å²) in [5.74, 6) is -7.05. The highest BCUT2D eigenvalue weighted by Gasteiger charge is 2.79. The third-order valence-electron chi connectivity index (χ3n) is 9.80. The molecular formula is C31H33F5O4. The Bertz CT molecular complexity index is 1290. The van der Waals surface area contributed by atoms with E-state index >= 15 is 8.78 Å². The number of halogens is 5. The van der Waals surface area contributed by atoms with E-state index in [1.165, 1.54) is 13.0 Å². The van der Waals surface area contributed by atoms with Crippen LogP contribution in [0, 0.1) is 17.3 Å². The fraction of sp³-hybridized carbons (Fsp3) is 0.548. The molecule has 0 radical (unpaired) electrons. The van der Waals surface area contributed by atoms with Gasteiger partial charge in [-0.25, -0.2) is 4.79 Å². The Kier molecular flexibility index (Phi) is 7.12. The molecule has 9 heteroatoms. The number of alkyl halides is 5. The summed E-state index contributed by atoms with van der Waals surface area (Å²) in [6.07, 6.45) is -0.0623. The van der Waals surface area contributed by atoms with Crippen molar-refractivity contribution in [3.05, 3.63) is 64.3 Å². The van der Waals surface area contributed by atoms with Gasteiger partial charge in [0.2, 0.25) is 0 Å². The molecule has 40 heavy (non-hydrogen) atoms. The fourth-order valence-electron chi connectivity index (χ4n) is 7.91. The normalized spacial score (nSPS) is 32.5. The van der Waals surface area contributed by atoms with E-state index in [4.69, 9.17) is 4.74 Å². The molecule has 1 aromatic carbocycles. The molecule has 0 aliphatic heterocycles. The number of carbonyl (C=O) groups excluding carboxylic acids is 2. The van der Waals surface area contributed by atoms with Crippen molar-refractivity contribution in [2.75, 3.05) is 6.61 Å². The molecule has 0 saturated heterocycles. The molecular weight excluding hydrogens is 531 g/mol. The maximum Gasteiger partial charge on any atom is 0.456 e. The van der Waals surface area contributed by atoms with Gasteiger partial charge in [0.1, 0.15) is 5.60 Å². The van der Waals surface area contributed by atoms with Crippen LogP contribution in [0.3, 0.4) is 0 Å². The molecule has 0 unspecified atom stereocenters. The summed E-state index contributed by atoms with van der Waals surface area (Å²) in [5.41, 5.74) is -0.534. The minimum atomic E-state index is -5.88. The van der Waals surface area contributed by atoms with Crippen molar-refractivity contribution in [2.24, 2.45) is 17.3 Å². The second-order valence-electron chi connectivity index (χ2n) is 11.7. The minimum Gasteiger partial charge on any atom is -0.463 e. The topological polar surface area (TPSA) is 63.6 Å². The lowest BCUT2D eigenvalue weighted by Crippen LogP contribution is -2.65. The monoisotopic (exact) mass is 564 g/mol. The third kappa shape index (κ3) is 4.35. The molecule has 4 aliphatic carbocycles. The highest BCUT2D eigenvalue weighted by molar-refractivity contribution is 5.93. The van der Waals surface area contributed by atoms with Crippen LogP contribution in [0.25, 0.3) is 6.08 Å². The number of ether oxygens (including phenoxy) is 1. The van der Waals surface area contributed by atoms with Crippen LogP contribution in [0.2, 0.25) is 0 Å². The number of allylic oxidation sites excluding steroid dienone is 4. The van der Waals surface area contributed by atoms with E-state index in [0.29, 0.717) is 31.2 Å². The molecule has 1 aromatic rings. The molecule has 2 fully saturated rings. The number of fused-ring (bicyclic) bond motifs is 4. The zero-order valence-corrected chi connectivity index (χ0v) is 22.5. The van der Waals surface area contributed by atoms with Crippen molar-refractivity contribution in [1.29, 1.82) is 0 Å². The van der Waals surface area contributed by atoms with Gasteiger partial charge in [0.25, 0.3) is 0 Å².